The molecule has 0 bridgehead atoms. The van der Waals surface area contributed by atoms with Crippen LogP contribution in [0, 0.1) is 0 Å². The van der Waals surface area contributed by atoms with Gasteiger partial charge >= 0.3 is 0 Å². The molecule has 0 saturated heterocycles. The third kappa shape index (κ3) is 4.13. The second kappa shape index (κ2) is 9.53. The highest BCUT2D eigenvalue weighted by atomic mass is 16.5. The fraction of sp³-hybridized carbons (Fsp3) is 0.333. The van der Waals surface area contributed by atoms with Crippen LogP contribution in [0.15, 0.2) is 36.4 Å². The van der Waals surface area contributed by atoms with Gasteiger partial charge < -0.3 is 28.4 Å². The Kier molecular flexibility index (Phi) is 6.54. The lowest BCUT2D eigenvalue weighted by Gasteiger charge is -2.18. The maximum atomic E-state index is 5.83. The van der Waals surface area contributed by atoms with E-state index in [1.807, 2.05) is 6.07 Å². The van der Waals surface area contributed by atoms with Crippen LogP contribution >= 0.6 is 0 Å². The van der Waals surface area contributed by atoms with E-state index in [-0.39, 0.29) is 0 Å². The highest BCUT2D eigenvalue weighted by Gasteiger charge is 2.23. The van der Waals surface area contributed by atoms with Crippen LogP contribution in [0.5, 0.6) is 34.5 Å². The first kappa shape index (κ1) is 22.6. The molecule has 0 fully saturated rings. The van der Waals surface area contributed by atoms with Crippen LogP contribution in [0.1, 0.15) is 33.4 Å². The van der Waals surface area contributed by atoms with Gasteiger partial charge in [0.05, 0.1) is 42.7 Å². The number of hydrogen-bond acceptors (Lipinski definition) is 6. The number of rotatable bonds is 6. The topological polar surface area (TPSA) is 55.4 Å². The Bertz CT molecular complexity index is 1140. The molecule has 33 heavy (non-hydrogen) atoms. The van der Waals surface area contributed by atoms with Crippen LogP contribution in [-0.4, -0.2) is 42.7 Å². The molecule has 4 rings (SSSR count). The molecule has 1 aliphatic rings. The average molecular weight is 451 g/mol. The number of methoxy groups -OCH3 is 6. The lowest BCUT2D eigenvalue weighted by molar-refractivity contribution is 0.351. The Morgan fingerprint density at radius 2 is 0.818 bits per heavy atom. The van der Waals surface area contributed by atoms with Gasteiger partial charge in [-0.2, -0.15) is 0 Å². The molecule has 3 aromatic carbocycles. The highest BCUT2D eigenvalue weighted by molar-refractivity contribution is 5.59. The quantitative estimate of drug-likeness (QED) is 0.420. The monoisotopic (exact) mass is 450 g/mol. The van der Waals surface area contributed by atoms with E-state index < -0.39 is 0 Å². The Morgan fingerprint density at radius 1 is 0.424 bits per heavy atom. The fourth-order valence-electron chi connectivity index (χ4n) is 4.58. The van der Waals surface area contributed by atoms with E-state index >= 15 is 0 Å². The molecule has 0 N–H and O–H groups in total. The van der Waals surface area contributed by atoms with Crippen LogP contribution in [0.25, 0.3) is 0 Å². The third-order valence-corrected chi connectivity index (χ3v) is 6.29. The SMILES string of the molecule is COc1cc2c(cc1OC)Cc1ccc(OC)c(OC)c1Cc1cc(OC)c(OC)cc1C2. The standard InChI is InChI=1S/C27H30O6/c1-28-22-8-7-16-9-17-12-23(29-2)24(30-3)13-18(17)10-19-14-25(31-4)26(32-5)15-20(19)11-21(16)27(22)33-6/h7-8,12-15H,9-11H2,1-6H3. The fourth-order valence-corrected chi connectivity index (χ4v) is 4.58. The summed E-state index contributed by atoms with van der Waals surface area (Å²) in [7, 11) is 9.98. The van der Waals surface area contributed by atoms with Gasteiger partial charge in [-0.1, -0.05) is 6.07 Å². The predicted molar refractivity (Wildman–Crippen MR) is 127 cm³/mol. The van der Waals surface area contributed by atoms with Crippen molar-refractivity contribution in [3.8, 4) is 34.5 Å². The predicted octanol–water partition coefficient (Wildman–Crippen LogP) is 4.82. The Morgan fingerprint density at radius 3 is 1.21 bits per heavy atom. The van der Waals surface area contributed by atoms with Crippen LogP contribution in [0.4, 0.5) is 0 Å². The van der Waals surface area contributed by atoms with Crippen molar-refractivity contribution in [1.29, 1.82) is 0 Å². The first-order valence-electron chi connectivity index (χ1n) is 10.8. The van der Waals surface area contributed by atoms with Gasteiger partial charge in [-0.25, -0.2) is 0 Å². The molecule has 0 radical (unpaired) electrons. The van der Waals surface area contributed by atoms with Crippen LogP contribution in [0.3, 0.4) is 0 Å². The van der Waals surface area contributed by atoms with Gasteiger partial charge in [-0.15, -0.1) is 0 Å². The molecule has 0 aromatic heterocycles. The summed E-state index contributed by atoms with van der Waals surface area (Å²) >= 11 is 0. The molecule has 3 aromatic rings. The lowest BCUT2D eigenvalue weighted by Crippen LogP contribution is -2.04. The summed E-state index contributed by atoms with van der Waals surface area (Å²) in [4.78, 5) is 0. The second-order valence-electron chi connectivity index (χ2n) is 7.92. The molecule has 6 nitrogen and oxygen atoms in total. The first-order chi connectivity index (χ1) is 16.1. The van der Waals surface area contributed by atoms with Gasteiger partial charge in [-0.05, 0) is 71.0 Å². The Labute approximate surface area is 195 Å². The molecule has 0 unspecified atom stereocenters. The van der Waals surface area contributed by atoms with E-state index in [2.05, 4.69) is 30.3 Å². The van der Waals surface area contributed by atoms with Crippen molar-refractivity contribution < 1.29 is 28.4 Å². The summed E-state index contributed by atoms with van der Waals surface area (Å²) in [6, 6.07) is 12.3. The minimum absolute atomic E-state index is 0.674. The largest absolute Gasteiger partial charge is 0.493 e. The molecule has 0 atom stereocenters. The molecule has 174 valence electrons. The third-order valence-electron chi connectivity index (χ3n) is 6.29. The van der Waals surface area contributed by atoms with Gasteiger partial charge in [-0.3, -0.25) is 0 Å². The van der Waals surface area contributed by atoms with Crippen LogP contribution < -0.4 is 28.4 Å². The first-order valence-corrected chi connectivity index (χ1v) is 10.8. The number of fused-ring (bicyclic) bond motifs is 3. The van der Waals surface area contributed by atoms with E-state index in [0.717, 1.165) is 35.3 Å². The Balaban J connectivity index is 2.02. The molecule has 0 amide bonds. The molecule has 0 heterocycles. The Hall–Kier alpha value is -3.54. The second-order valence-corrected chi connectivity index (χ2v) is 7.92. The molecular formula is C27H30O6. The molecule has 0 saturated carbocycles. The smallest absolute Gasteiger partial charge is 0.164 e. The van der Waals surface area contributed by atoms with Crippen LogP contribution in [-0.2, 0) is 19.3 Å². The summed E-state index contributed by atoms with van der Waals surface area (Å²) in [6.07, 6.45) is 2.13. The summed E-state index contributed by atoms with van der Waals surface area (Å²) in [5.41, 5.74) is 6.89. The van der Waals surface area contributed by atoms with Gasteiger partial charge in [0.25, 0.3) is 0 Å². The molecular weight excluding hydrogens is 420 g/mol. The minimum Gasteiger partial charge on any atom is -0.493 e. The number of ether oxygens (including phenoxy) is 6. The van der Waals surface area contributed by atoms with Crippen LogP contribution in [0.2, 0.25) is 0 Å². The normalized spacial score (nSPS) is 12.2. The van der Waals surface area contributed by atoms with E-state index in [1.54, 1.807) is 42.7 Å². The van der Waals surface area contributed by atoms with E-state index in [4.69, 9.17) is 28.4 Å². The van der Waals surface area contributed by atoms with Crippen molar-refractivity contribution in [2.24, 2.45) is 0 Å². The van der Waals surface area contributed by atoms with Crippen molar-refractivity contribution in [3.05, 3.63) is 69.8 Å². The minimum atomic E-state index is 0.674. The summed E-state index contributed by atoms with van der Waals surface area (Å²) in [6.45, 7) is 0. The van der Waals surface area contributed by atoms with Crippen molar-refractivity contribution >= 4 is 0 Å². The number of benzene rings is 3. The summed E-state index contributed by atoms with van der Waals surface area (Å²) in [5, 5.41) is 0. The van der Waals surface area contributed by atoms with Gasteiger partial charge in [0, 0.05) is 12.0 Å². The van der Waals surface area contributed by atoms with Crippen molar-refractivity contribution in [3.63, 3.8) is 0 Å². The van der Waals surface area contributed by atoms with Gasteiger partial charge in [0.1, 0.15) is 0 Å². The van der Waals surface area contributed by atoms with Crippen molar-refractivity contribution in [2.45, 2.75) is 19.3 Å². The maximum Gasteiger partial charge on any atom is 0.164 e. The summed E-state index contributed by atoms with van der Waals surface area (Å²) < 4.78 is 33.9. The maximum absolute atomic E-state index is 5.83. The zero-order valence-electron chi connectivity index (χ0n) is 20.0. The van der Waals surface area contributed by atoms with Gasteiger partial charge in [0.2, 0.25) is 0 Å². The zero-order chi connectivity index (χ0) is 23.5. The van der Waals surface area contributed by atoms with E-state index in [1.165, 1.54) is 16.7 Å². The molecule has 1 aliphatic carbocycles. The van der Waals surface area contributed by atoms with Crippen molar-refractivity contribution in [1.82, 2.24) is 0 Å². The lowest BCUT2D eigenvalue weighted by atomic mass is 9.93. The molecule has 0 spiro atoms. The average Bonchev–Trinajstić information content (AvgIpc) is 2.91. The molecule has 6 heteroatoms. The highest BCUT2D eigenvalue weighted by Crippen LogP contribution is 2.42. The zero-order valence-corrected chi connectivity index (χ0v) is 20.0. The van der Waals surface area contributed by atoms with E-state index in [0.29, 0.717) is 35.2 Å². The molecule has 0 aliphatic heterocycles. The van der Waals surface area contributed by atoms with Crippen molar-refractivity contribution in [2.75, 3.05) is 42.7 Å². The number of hydrogen-bond donors (Lipinski definition) is 0. The van der Waals surface area contributed by atoms with Gasteiger partial charge in [0.15, 0.2) is 34.5 Å². The summed E-state index contributed by atoms with van der Waals surface area (Å²) in [5.74, 6) is 4.29. The van der Waals surface area contributed by atoms with E-state index in [9.17, 15) is 0 Å².